The van der Waals surface area contributed by atoms with Crippen molar-refractivity contribution in [2.45, 2.75) is 18.7 Å². The third-order valence-electron chi connectivity index (χ3n) is 3.13. The van der Waals surface area contributed by atoms with Gasteiger partial charge in [0.2, 0.25) is 10.0 Å². The molecule has 8 heteroatoms. The molecule has 0 bridgehead atoms. The lowest BCUT2D eigenvalue weighted by Gasteiger charge is -2.18. The van der Waals surface area contributed by atoms with Crippen LogP contribution in [-0.4, -0.2) is 50.8 Å². The minimum absolute atomic E-state index is 0.00238. The lowest BCUT2D eigenvalue weighted by Crippen LogP contribution is -2.31. The van der Waals surface area contributed by atoms with Gasteiger partial charge in [-0.3, -0.25) is 4.79 Å². The molecule has 1 aromatic carbocycles. The molecule has 1 aromatic rings. The van der Waals surface area contributed by atoms with E-state index in [4.69, 9.17) is 11.2 Å². The van der Waals surface area contributed by atoms with Gasteiger partial charge in [-0.2, -0.15) is 4.31 Å². The number of sulfonamides is 1. The van der Waals surface area contributed by atoms with Gasteiger partial charge in [0, 0.05) is 13.1 Å². The Morgan fingerprint density at radius 3 is 2.54 bits per heavy atom. The Hall–Kier alpha value is -2.37. The summed E-state index contributed by atoms with van der Waals surface area (Å²) in [6.45, 7) is 3.65. The van der Waals surface area contributed by atoms with Crippen LogP contribution in [0.3, 0.4) is 0 Å². The first-order valence-electron chi connectivity index (χ1n) is 7.34. The molecule has 0 aliphatic heterocycles. The van der Waals surface area contributed by atoms with Crippen LogP contribution in [0.2, 0.25) is 0 Å². The fourth-order valence-electron chi connectivity index (χ4n) is 1.91. The van der Waals surface area contributed by atoms with Crippen molar-refractivity contribution in [1.29, 1.82) is 0 Å². The fourth-order valence-corrected chi connectivity index (χ4v) is 3.42. The lowest BCUT2D eigenvalue weighted by molar-refractivity contribution is -0.123. The topological polar surface area (TPSA) is 92.8 Å². The molecule has 0 aliphatic carbocycles. The van der Waals surface area contributed by atoms with Gasteiger partial charge in [0.05, 0.1) is 17.0 Å². The van der Waals surface area contributed by atoms with Gasteiger partial charge in [-0.05, 0) is 18.2 Å². The summed E-state index contributed by atoms with van der Waals surface area (Å²) < 4.78 is 31.0. The number of esters is 1. The highest BCUT2D eigenvalue weighted by atomic mass is 32.2. The van der Waals surface area contributed by atoms with E-state index in [1.807, 2.05) is 0 Å². The molecule has 7 nitrogen and oxygen atoms in total. The molecule has 0 unspecified atom stereocenters. The number of hydrogen-bond donors (Lipinski definition) is 1. The second-order valence-corrected chi connectivity index (χ2v) is 6.61. The van der Waals surface area contributed by atoms with Crippen LogP contribution in [-0.2, 0) is 19.6 Å². The second-order valence-electron chi connectivity index (χ2n) is 4.67. The average molecular weight is 352 g/mol. The predicted molar refractivity (Wildman–Crippen MR) is 88.7 cm³/mol. The molecule has 1 rings (SSSR count). The van der Waals surface area contributed by atoms with Crippen LogP contribution in [0.25, 0.3) is 0 Å². The summed E-state index contributed by atoms with van der Waals surface area (Å²) in [5.41, 5.74) is 0.0491. The van der Waals surface area contributed by atoms with Crippen LogP contribution < -0.4 is 5.32 Å². The van der Waals surface area contributed by atoms with Crippen molar-refractivity contribution in [2.75, 3.05) is 26.2 Å². The van der Waals surface area contributed by atoms with Gasteiger partial charge in [0.15, 0.2) is 6.61 Å². The summed E-state index contributed by atoms with van der Waals surface area (Å²) in [7, 11) is -3.68. The van der Waals surface area contributed by atoms with Crippen molar-refractivity contribution in [3.63, 3.8) is 0 Å². The zero-order chi connectivity index (χ0) is 18.2. The van der Waals surface area contributed by atoms with Crippen molar-refractivity contribution in [1.82, 2.24) is 9.62 Å². The Kier molecular flexibility index (Phi) is 7.42. The SMILES string of the molecule is C#CCNC(=O)COC(=O)c1cccc(S(=O)(=O)N(CC)CC)c1. The molecule has 0 saturated heterocycles. The number of carbonyl (C=O) groups excluding carboxylic acids is 2. The van der Waals surface area contributed by atoms with Crippen molar-refractivity contribution >= 4 is 21.9 Å². The van der Waals surface area contributed by atoms with E-state index in [0.717, 1.165) is 0 Å². The molecule has 0 atom stereocenters. The maximum atomic E-state index is 12.4. The van der Waals surface area contributed by atoms with E-state index in [9.17, 15) is 18.0 Å². The molecule has 24 heavy (non-hydrogen) atoms. The number of benzene rings is 1. The van der Waals surface area contributed by atoms with Crippen molar-refractivity contribution in [3.05, 3.63) is 29.8 Å². The quantitative estimate of drug-likeness (QED) is 0.547. The first-order chi connectivity index (χ1) is 11.4. The summed E-state index contributed by atoms with van der Waals surface area (Å²) in [6, 6.07) is 5.51. The molecule has 0 fully saturated rings. The van der Waals surface area contributed by atoms with Crippen molar-refractivity contribution < 1.29 is 22.7 Å². The van der Waals surface area contributed by atoms with Gasteiger partial charge in [-0.25, -0.2) is 13.2 Å². The van der Waals surface area contributed by atoms with E-state index >= 15 is 0 Å². The fraction of sp³-hybridized carbons (Fsp3) is 0.375. The van der Waals surface area contributed by atoms with Gasteiger partial charge < -0.3 is 10.1 Å². The zero-order valence-electron chi connectivity index (χ0n) is 13.6. The molecule has 0 saturated carbocycles. The molecule has 0 heterocycles. The lowest BCUT2D eigenvalue weighted by atomic mass is 10.2. The van der Waals surface area contributed by atoms with E-state index in [1.54, 1.807) is 13.8 Å². The van der Waals surface area contributed by atoms with E-state index in [2.05, 4.69) is 11.2 Å². The summed E-state index contributed by atoms with van der Waals surface area (Å²) in [5, 5.41) is 2.35. The zero-order valence-corrected chi connectivity index (χ0v) is 14.4. The number of terminal acetylenes is 1. The third-order valence-corrected chi connectivity index (χ3v) is 5.18. The Labute approximate surface area is 142 Å². The molecule has 0 radical (unpaired) electrons. The maximum absolute atomic E-state index is 12.4. The highest BCUT2D eigenvalue weighted by molar-refractivity contribution is 7.89. The van der Waals surface area contributed by atoms with E-state index in [-0.39, 0.29) is 17.0 Å². The number of ether oxygens (including phenoxy) is 1. The number of hydrogen-bond acceptors (Lipinski definition) is 5. The van der Waals surface area contributed by atoms with Crippen molar-refractivity contribution in [2.24, 2.45) is 0 Å². The maximum Gasteiger partial charge on any atom is 0.338 e. The average Bonchev–Trinajstić information content (AvgIpc) is 2.58. The summed E-state index contributed by atoms with van der Waals surface area (Å²) in [4.78, 5) is 23.3. The summed E-state index contributed by atoms with van der Waals surface area (Å²) in [5.74, 6) is 0.896. The highest BCUT2D eigenvalue weighted by Crippen LogP contribution is 2.17. The molecule has 1 N–H and O–H groups in total. The molecule has 1 amide bonds. The van der Waals surface area contributed by atoms with Gasteiger partial charge in [-0.15, -0.1) is 6.42 Å². The Bertz CT molecular complexity index is 733. The molecular weight excluding hydrogens is 332 g/mol. The number of amides is 1. The minimum atomic E-state index is -3.68. The third kappa shape index (κ3) is 5.08. The first-order valence-corrected chi connectivity index (χ1v) is 8.78. The van der Waals surface area contributed by atoms with Gasteiger partial charge >= 0.3 is 5.97 Å². The van der Waals surface area contributed by atoms with Crippen LogP contribution in [0.4, 0.5) is 0 Å². The van der Waals surface area contributed by atoms with Crippen LogP contribution in [0.15, 0.2) is 29.2 Å². The highest BCUT2D eigenvalue weighted by Gasteiger charge is 2.22. The normalized spacial score (nSPS) is 10.9. The van der Waals surface area contributed by atoms with Crippen LogP contribution >= 0.6 is 0 Å². The van der Waals surface area contributed by atoms with Gasteiger partial charge in [0.1, 0.15) is 0 Å². The van der Waals surface area contributed by atoms with Crippen LogP contribution in [0, 0.1) is 12.3 Å². The number of nitrogens with one attached hydrogen (secondary N) is 1. The van der Waals surface area contributed by atoms with Gasteiger partial charge in [0.25, 0.3) is 5.91 Å². The first kappa shape index (κ1) is 19.7. The smallest absolute Gasteiger partial charge is 0.338 e. The second kappa shape index (κ2) is 9.05. The van der Waals surface area contributed by atoms with E-state index in [1.165, 1.54) is 28.6 Å². The Balaban J connectivity index is 2.87. The van der Waals surface area contributed by atoms with Gasteiger partial charge in [-0.1, -0.05) is 25.8 Å². The largest absolute Gasteiger partial charge is 0.452 e. The number of nitrogens with zero attached hydrogens (tertiary/aromatic N) is 1. The number of rotatable bonds is 8. The summed E-state index contributed by atoms with van der Waals surface area (Å²) >= 11 is 0. The Morgan fingerprint density at radius 1 is 1.29 bits per heavy atom. The van der Waals surface area contributed by atoms with Crippen molar-refractivity contribution in [3.8, 4) is 12.3 Å². The van der Waals surface area contributed by atoms with E-state index < -0.39 is 28.5 Å². The monoisotopic (exact) mass is 352 g/mol. The molecule has 130 valence electrons. The number of carbonyl (C=O) groups is 2. The van der Waals surface area contributed by atoms with Crippen LogP contribution in [0.1, 0.15) is 24.2 Å². The molecular formula is C16H20N2O5S. The minimum Gasteiger partial charge on any atom is -0.452 e. The van der Waals surface area contributed by atoms with Crippen LogP contribution in [0.5, 0.6) is 0 Å². The standard InChI is InChI=1S/C16H20N2O5S/c1-4-10-17-15(19)12-23-16(20)13-8-7-9-14(11-13)24(21,22)18(5-2)6-3/h1,7-9,11H,5-6,10,12H2,2-3H3,(H,17,19). The predicted octanol–water partition coefficient (Wildman–Crippen LogP) is 0.623. The van der Waals surface area contributed by atoms with E-state index in [0.29, 0.717) is 13.1 Å². The molecule has 0 spiro atoms. The molecule has 0 aromatic heterocycles. The Morgan fingerprint density at radius 2 is 1.96 bits per heavy atom. The molecule has 0 aliphatic rings. The summed E-state index contributed by atoms with van der Waals surface area (Å²) in [6.07, 6.45) is 5.00.